The van der Waals surface area contributed by atoms with Gasteiger partial charge in [0.15, 0.2) is 0 Å². The predicted octanol–water partition coefficient (Wildman–Crippen LogP) is 2.63. The zero-order valence-corrected chi connectivity index (χ0v) is 35.0. The lowest BCUT2D eigenvalue weighted by molar-refractivity contribution is -0.164. The van der Waals surface area contributed by atoms with Gasteiger partial charge in [-0.2, -0.15) is 0 Å². The van der Waals surface area contributed by atoms with E-state index in [0.29, 0.717) is 0 Å². The summed E-state index contributed by atoms with van der Waals surface area (Å²) >= 11 is 12.0. The van der Waals surface area contributed by atoms with Crippen molar-refractivity contribution in [2.75, 3.05) is 28.2 Å². The molecule has 1 aliphatic rings. The molecule has 0 radical (unpaired) electrons. The van der Waals surface area contributed by atoms with Crippen molar-refractivity contribution in [2.24, 2.45) is 17.8 Å². The van der Waals surface area contributed by atoms with E-state index in [9.17, 15) is 33.6 Å². The molecule has 14 nitrogen and oxygen atoms in total. The lowest BCUT2D eigenvalue weighted by atomic mass is 10.00. The van der Waals surface area contributed by atoms with E-state index >= 15 is 0 Å². The summed E-state index contributed by atoms with van der Waals surface area (Å²) in [6.07, 6.45) is -1.33. The van der Waals surface area contributed by atoms with Crippen LogP contribution in [0.15, 0.2) is 30.3 Å². The number of hydrogen-bond donors (Lipinski definition) is 2. The number of benzene rings is 1. The van der Waals surface area contributed by atoms with Gasteiger partial charge in [-0.1, -0.05) is 65.0 Å². The molecule has 8 atom stereocenters. The number of nitrogens with zero attached hydrogens (tertiary/aromatic N) is 4. The Morgan fingerprint density at radius 2 is 1.28 bits per heavy atom. The average Bonchev–Trinajstić information content (AvgIpc) is 3.11. The number of alkyl halides is 2. The lowest BCUT2D eigenvalue weighted by Gasteiger charge is -2.37. The van der Waals surface area contributed by atoms with Crippen LogP contribution >= 0.6 is 23.2 Å². The molecule has 1 aromatic carbocycles. The van der Waals surface area contributed by atoms with Crippen LogP contribution < -0.4 is 10.6 Å². The Morgan fingerprint density at radius 3 is 1.80 bits per heavy atom. The third kappa shape index (κ3) is 11.5. The highest BCUT2D eigenvalue weighted by molar-refractivity contribution is 6.44. The molecule has 54 heavy (non-hydrogen) atoms. The van der Waals surface area contributed by atoms with E-state index in [1.807, 2.05) is 6.07 Å². The van der Waals surface area contributed by atoms with Crippen molar-refractivity contribution in [3.63, 3.8) is 0 Å². The van der Waals surface area contributed by atoms with Gasteiger partial charge in [-0.05, 0) is 44.1 Å². The molecular weight excluding hydrogens is 739 g/mol. The molecule has 302 valence electrons. The highest BCUT2D eigenvalue weighted by Gasteiger charge is 2.42. The lowest BCUT2D eigenvalue weighted by Crippen LogP contribution is -2.60. The Balaban J connectivity index is 2.75. The number of halogens is 2. The molecule has 1 aromatic rings. The second-order valence-corrected chi connectivity index (χ2v) is 16.1. The molecule has 6 amide bonds. The second-order valence-electron chi connectivity index (χ2n) is 15.0. The van der Waals surface area contributed by atoms with Crippen LogP contribution in [0.2, 0.25) is 0 Å². The van der Waals surface area contributed by atoms with Gasteiger partial charge < -0.3 is 35.0 Å². The third-order valence-electron chi connectivity index (χ3n) is 10.2. The number of hydrogen-bond acceptors (Lipinski definition) is 8. The molecule has 2 rings (SSSR count). The smallest absolute Gasteiger partial charge is 0.329 e. The van der Waals surface area contributed by atoms with Gasteiger partial charge >= 0.3 is 5.97 Å². The summed E-state index contributed by atoms with van der Waals surface area (Å²) in [5.41, 5.74) is 0.740. The number of nitrogens with one attached hydrogen (secondary N) is 2. The fraction of sp³-hybridized carbons (Fsp3) is 0.658. The van der Waals surface area contributed by atoms with E-state index in [1.165, 1.54) is 58.8 Å². The molecule has 0 aliphatic carbocycles. The quantitative estimate of drug-likeness (QED) is 0.300. The number of ether oxygens (including phenoxy) is 1. The SMILES string of the molecule is CC(C)C1NC(=O)C(Cc2ccccc2)N(C)C(=O)[C@H](C)N(C)C(=O)[C@@H](C(C)C)NC(=O)[C@H](C)N(C)C(=O)[C@@H](N(C)C(=O)C[C@@H](C)C(Cl)Cl)[C@@H](C)OC1=O. The van der Waals surface area contributed by atoms with E-state index < -0.39 is 106 Å². The van der Waals surface area contributed by atoms with Crippen LogP contribution in [0, 0.1) is 17.8 Å². The van der Waals surface area contributed by atoms with Gasteiger partial charge in [-0.3, -0.25) is 28.8 Å². The summed E-state index contributed by atoms with van der Waals surface area (Å²) in [6.45, 7) is 13.0. The van der Waals surface area contributed by atoms with Gasteiger partial charge in [0, 0.05) is 41.0 Å². The largest absolute Gasteiger partial charge is 0.458 e. The number of amides is 6. The number of carbonyl (C=O) groups excluding carboxylic acids is 7. The molecule has 2 N–H and O–H groups in total. The Bertz CT molecular complexity index is 1510. The molecule has 0 saturated carbocycles. The minimum Gasteiger partial charge on any atom is -0.458 e. The Labute approximate surface area is 329 Å². The highest BCUT2D eigenvalue weighted by Crippen LogP contribution is 2.22. The summed E-state index contributed by atoms with van der Waals surface area (Å²) in [4.78, 5) is 101. The molecule has 1 heterocycles. The van der Waals surface area contributed by atoms with Crippen molar-refractivity contribution < 1.29 is 38.3 Å². The van der Waals surface area contributed by atoms with Gasteiger partial charge in [-0.15, -0.1) is 23.2 Å². The van der Waals surface area contributed by atoms with Crippen LogP contribution in [-0.2, 0) is 44.7 Å². The van der Waals surface area contributed by atoms with Gasteiger partial charge in [0.1, 0.15) is 47.2 Å². The van der Waals surface area contributed by atoms with Gasteiger partial charge in [0.05, 0.1) is 0 Å². The predicted molar refractivity (Wildman–Crippen MR) is 206 cm³/mol. The first-order chi connectivity index (χ1) is 25.0. The minimum absolute atomic E-state index is 0.0812. The van der Waals surface area contributed by atoms with Crippen molar-refractivity contribution in [3.8, 4) is 0 Å². The molecule has 1 saturated heterocycles. The molecule has 0 aromatic heterocycles. The zero-order chi connectivity index (χ0) is 41.4. The number of likely N-dealkylation sites (N-methyl/N-ethyl adjacent to an activating group) is 4. The maximum absolute atomic E-state index is 14.3. The topological polar surface area (TPSA) is 166 Å². The third-order valence-corrected chi connectivity index (χ3v) is 11.0. The Morgan fingerprint density at radius 1 is 0.759 bits per heavy atom. The number of rotatable bonds is 8. The normalized spacial score (nSPS) is 26.6. The summed E-state index contributed by atoms with van der Waals surface area (Å²) < 4.78 is 5.87. The standard InChI is InChI=1S/C38H58Cl2N6O8/c1-20(2)29-36(51)44(10)24(7)35(50)45(11)27(19-26-16-14-13-15-17-26)34(49)42-30(21(3)4)38(53)54-25(8)31(37(52)43(9)23(6)33(48)41-29)46(12)28(47)18-22(5)32(39)40/h13-17,20-25,27,29-32H,18-19H2,1-12H3,(H,41,48)(H,42,49)/t22-,23+,24+,25-,27?,29-,30?,31+/m1/s1. The van der Waals surface area contributed by atoms with Crippen LogP contribution in [0.4, 0.5) is 0 Å². The first-order valence-electron chi connectivity index (χ1n) is 18.2. The molecular formula is C38H58Cl2N6O8. The summed E-state index contributed by atoms with van der Waals surface area (Å²) in [5.74, 6) is -5.98. The Kier molecular flexibility index (Phi) is 17.2. The highest BCUT2D eigenvalue weighted by atomic mass is 35.5. The van der Waals surface area contributed by atoms with E-state index in [1.54, 1.807) is 58.9 Å². The van der Waals surface area contributed by atoms with Crippen molar-refractivity contribution in [2.45, 2.75) is 115 Å². The van der Waals surface area contributed by atoms with E-state index in [4.69, 9.17) is 27.9 Å². The number of cyclic esters (lactones) is 1. The second kappa shape index (κ2) is 20.1. The average molecular weight is 798 g/mol. The van der Waals surface area contributed by atoms with Gasteiger partial charge in [0.25, 0.3) is 0 Å². The van der Waals surface area contributed by atoms with Gasteiger partial charge in [-0.25, -0.2) is 4.79 Å². The number of esters is 1. The summed E-state index contributed by atoms with van der Waals surface area (Å²) in [5, 5.41) is 5.51. The molecule has 0 spiro atoms. The van der Waals surface area contributed by atoms with Gasteiger partial charge in [0.2, 0.25) is 35.4 Å². The van der Waals surface area contributed by atoms with E-state index in [0.717, 1.165) is 15.4 Å². The van der Waals surface area contributed by atoms with Crippen molar-refractivity contribution in [1.29, 1.82) is 0 Å². The molecule has 1 aliphatic heterocycles. The van der Waals surface area contributed by atoms with Crippen LogP contribution in [0.3, 0.4) is 0 Å². The first-order valence-corrected chi connectivity index (χ1v) is 19.1. The van der Waals surface area contributed by atoms with Crippen molar-refractivity contribution >= 4 is 64.6 Å². The molecule has 1 fully saturated rings. The fourth-order valence-electron chi connectivity index (χ4n) is 6.04. The van der Waals surface area contributed by atoms with Crippen molar-refractivity contribution in [1.82, 2.24) is 30.2 Å². The van der Waals surface area contributed by atoms with E-state index in [-0.39, 0.29) is 12.8 Å². The fourth-order valence-corrected chi connectivity index (χ4v) is 6.22. The molecule has 16 heteroatoms. The summed E-state index contributed by atoms with van der Waals surface area (Å²) in [6, 6.07) is 1.93. The zero-order valence-electron chi connectivity index (χ0n) is 33.5. The maximum atomic E-state index is 14.3. The summed E-state index contributed by atoms with van der Waals surface area (Å²) in [7, 11) is 5.64. The van der Waals surface area contributed by atoms with Crippen LogP contribution in [-0.4, -0.2) is 136 Å². The molecule has 2 unspecified atom stereocenters. The van der Waals surface area contributed by atoms with Crippen LogP contribution in [0.25, 0.3) is 0 Å². The van der Waals surface area contributed by atoms with Crippen molar-refractivity contribution in [3.05, 3.63) is 35.9 Å². The number of carbonyl (C=O) groups is 7. The monoisotopic (exact) mass is 796 g/mol. The molecule has 0 bridgehead atoms. The minimum atomic E-state index is -1.42. The van der Waals surface area contributed by atoms with Crippen LogP contribution in [0.5, 0.6) is 0 Å². The van der Waals surface area contributed by atoms with Crippen LogP contribution in [0.1, 0.15) is 67.4 Å². The first kappa shape index (κ1) is 46.2. The maximum Gasteiger partial charge on any atom is 0.329 e. The van der Waals surface area contributed by atoms with E-state index in [2.05, 4.69) is 10.6 Å². The Hall–Kier alpha value is -3.91.